The zero-order valence-corrected chi connectivity index (χ0v) is 12.2. The summed E-state index contributed by atoms with van der Waals surface area (Å²) in [5, 5.41) is 0. The minimum absolute atomic E-state index is 0.198. The molecule has 20 heavy (non-hydrogen) atoms. The molecule has 0 fully saturated rings. The van der Waals surface area contributed by atoms with Gasteiger partial charge < -0.3 is 5.73 Å². The van der Waals surface area contributed by atoms with E-state index in [2.05, 4.69) is 9.71 Å². The highest BCUT2D eigenvalue weighted by Crippen LogP contribution is 2.24. The molecule has 6 heteroatoms. The predicted octanol–water partition coefficient (Wildman–Crippen LogP) is 1.76. The number of anilines is 1. The van der Waals surface area contributed by atoms with E-state index >= 15 is 0 Å². The van der Waals surface area contributed by atoms with E-state index in [1.165, 1.54) is 0 Å². The number of hydrogen-bond acceptors (Lipinski definition) is 4. The van der Waals surface area contributed by atoms with E-state index in [1.807, 2.05) is 6.07 Å². The molecule has 0 aliphatic carbocycles. The average Bonchev–Trinajstić information content (AvgIpc) is 2.42. The van der Waals surface area contributed by atoms with Gasteiger partial charge in [-0.1, -0.05) is 12.1 Å². The van der Waals surface area contributed by atoms with Gasteiger partial charge in [0.15, 0.2) is 0 Å². The Labute approximate surface area is 118 Å². The summed E-state index contributed by atoms with van der Waals surface area (Å²) in [5.41, 5.74) is 8.31. The number of hydrogen-bond donors (Lipinski definition) is 2. The molecule has 0 bridgehead atoms. The summed E-state index contributed by atoms with van der Waals surface area (Å²) in [6.45, 7) is 3.66. The van der Waals surface area contributed by atoms with Gasteiger partial charge in [0.2, 0.25) is 10.0 Å². The molecule has 1 aromatic heterocycles. The van der Waals surface area contributed by atoms with E-state index in [-0.39, 0.29) is 11.4 Å². The summed E-state index contributed by atoms with van der Waals surface area (Å²) in [6, 6.07) is 7.00. The van der Waals surface area contributed by atoms with Gasteiger partial charge >= 0.3 is 0 Å². The summed E-state index contributed by atoms with van der Waals surface area (Å²) >= 11 is 0. The van der Waals surface area contributed by atoms with Crippen LogP contribution in [0.4, 0.5) is 5.69 Å². The van der Waals surface area contributed by atoms with E-state index in [1.54, 1.807) is 44.4 Å². The van der Waals surface area contributed by atoms with E-state index in [0.29, 0.717) is 16.8 Å². The lowest BCUT2D eigenvalue weighted by molar-refractivity contribution is 0.580. The normalized spacial score (nSPS) is 11.5. The van der Waals surface area contributed by atoms with Crippen LogP contribution in [-0.4, -0.2) is 13.4 Å². The number of pyridine rings is 1. The lowest BCUT2D eigenvalue weighted by Gasteiger charge is -2.13. The first-order valence-corrected chi connectivity index (χ1v) is 7.64. The maximum Gasteiger partial charge on any atom is 0.241 e. The molecule has 1 aromatic carbocycles. The Morgan fingerprint density at radius 1 is 1.25 bits per heavy atom. The van der Waals surface area contributed by atoms with Crippen molar-refractivity contribution < 1.29 is 8.42 Å². The predicted molar refractivity (Wildman–Crippen MR) is 78.6 cm³/mol. The molecule has 0 atom stereocenters. The van der Waals surface area contributed by atoms with Gasteiger partial charge in [0.05, 0.1) is 4.90 Å². The van der Waals surface area contributed by atoms with Crippen molar-refractivity contribution in [1.82, 2.24) is 9.71 Å². The first-order chi connectivity index (χ1) is 9.42. The first kappa shape index (κ1) is 14.5. The molecular formula is C14H17N3O2S. The fourth-order valence-electron chi connectivity index (χ4n) is 2.01. The summed E-state index contributed by atoms with van der Waals surface area (Å²) in [6.07, 6.45) is 3.27. The Morgan fingerprint density at radius 3 is 2.65 bits per heavy atom. The SMILES string of the molecule is Cc1ccc(N)c(C)c1S(=O)(=O)NCc1cccnc1. The van der Waals surface area contributed by atoms with Crippen molar-refractivity contribution in [2.24, 2.45) is 0 Å². The number of nitrogens with zero attached hydrogens (tertiary/aromatic N) is 1. The lowest BCUT2D eigenvalue weighted by Crippen LogP contribution is -2.25. The van der Waals surface area contributed by atoms with E-state index in [4.69, 9.17) is 5.73 Å². The van der Waals surface area contributed by atoms with Crippen LogP contribution in [0.2, 0.25) is 0 Å². The van der Waals surface area contributed by atoms with Crippen molar-refractivity contribution >= 4 is 15.7 Å². The largest absolute Gasteiger partial charge is 0.398 e. The Morgan fingerprint density at radius 2 is 2.00 bits per heavy atom. The van der Waals surface area contributed by atoms with Gasteiger partial charge in [-0.15, -0.1) is 0 Å². The van der Waals surface area contributed by atoms with Crippen LogP contribution in [0.1, 0.15) is 16.7 Å². The Balaban J connectivity index is 2.30. The Bertz CT molecular complexity index is 713. The molecule has 0 saturated carbocycles. The maximum atomic E-state index is 12.4. The highest BCUT2D eigenvalue weighted by molar-refractivity contribution is 7.89. The molecule has 106 valence electrons. The fourth-order valence-corrected chi connectivity index (χ4v) is 3.52. The Kier molecular flexibility index (Phi) is 4.06. The van der Waals surface area contributed by atoms with Crippen LogP contribution >= 0.6 is 0 Å². The van der Waals surface area contributed by atoms with Gasteiger partial charge in [-0.25, -0.2) is 13.1 Å². The van der Waals surface area contributed by atoms with E-state index in [9.17, 15) is 8.42 Å². The highest BCUT2D eigenvalue weighted by Gasteiger charge is 2.20. The number of nitrogens with one attached hydrogen (secondary N) is 1. The standard InChI is InChI=1S/C14H17N3O2S/c1-10-5-6-13(15)11(2)14(10)20(18,19)17-9-12-4-3-7-16-8-12/h3-8,17H,9,15H2,1-2H3. The minimum atomic E-state index is -3.60. The number of aryl methyl sites for hydroxylation is 1. The minimum Gasteiger partial charge on any atom is -0.398 e. The third kappa shape index (κ3) is 2.97. The van der Waals surface area contributed by atoms with Crippen molar-refractivity contribution in [1.29, 1.82) is 0 Å². The number of sulfonamides is 1. The molecule has 0 aliphatic heterocycles. The second-order valence-electron chi connectivity index (χ2n) is 4.61. The van der Waals surface area contributed by atoms with Crippen LogP contribution in [0, 0.1) is 13.8 Å². The summed E-state index contributed by atoms with van der Waals surface area (Å²) < 4.78 is 27.4. The van der Waals surface area contributed by atoms with Gasteiger partial charge in [0, 0.05) is 24.6 Å². The first-order valence-electron chi connectivity index (χ1n) is 6.16. The smallest absolute Gasteiger partial charge is 0.241 e. The molecule has 0 spiro atoms. The van der Waals surface area contributed by atoms with Crippen molar-refractivity contribution in [3.8, 4) is 0 Å². The summed E-state index contributed by atoms with van der Waals surface area (Å²) in [4.78, 5) is 4.20. The number of nitrogen functional groups attached to an aromatic ring is 1. The van der Waals surface area contributed by atoms with Gasteiger partial charge in [0.25, 0.3) is 0 Å². The topological polar surface area (TPSA) is 85.1 Å². The van der Waals surface area contributed by atoms with E-state index < -0.39 is 10.0 Å². The van der Waals surface area contributed by atoms with Crippen molar-refractivity contribution in [3.05, 3.63) is 53.3 Å². The quantitative estimate of drug-likeness (QED) is 0.841. The highest BCUT2D eigenvalue weighted by atomic mass is 32.2. The van der Waals surface area contributed by atoms with Crippen molar-refractivity contribution in [2.75, 3.05) is 5.73 Å². The summed E-state index contributed by atoms with van der Waals surface area (Å²) in [5.74, 6) is 0. The molecule has 0 unspecified atom stereocenters. The molecule has 0 amide bonds. The Hall–Kier alpha value is -1.92. The molecule has 5 nitrogen and oxygen atoms in total. The zero-order valence-electron chi connectivity index (χ0n) is 11.4. The number of rotatable bonds is 4. The molecule has 3 N–H and O–H groups in total. The number of benzene rings is 1. The van der Waals surface area contributed by atoms with Crippen molar-refractivity contribution in [3.63, 3.8) is 0 Å². The molecule has 2 aromatic rings. The summed E-state index contributed by atoms with van der Waals surface area (Å²) in [7, 11) is -3.60. The molecule has 0 saturated heterocycles. The van der Waals surface area contributed by atoms with Crippen molar-refractivity contribution in [2.45, 2.75) is 25.3 Å². The van der Waals surface area contributed by atoms with Gasteiger partial charge in [-0.2, -0.15) is 0 Å². The van der Waals surface area contributed by atoms with Crippen LogP contribution in [0.5, 0.6) is 0 Å². The third-order valence-corrected chi connectivity index (χ3v) is 4.79. The second-order valence-corrected chi connectivity index (χ2v) is 6.32. The second kappa shape index (κ2) is 5.60. The van der Waals surface area contributed by atoms with Crippen LogP contribution in [0.3, 0.4) is 0 Å². The molecule has 1 heterocycles. The van der Waals surface area contributed by atoms with Crippen LogP contribution < -0.4 is 10.5 Å². The van der Waals surface area contributed by atoms with E-state index in [0.717, 1.165) is 5.56 Å². The fraction of sp³-hybridized carbons (Fsp3) is 0.214. The van der Waals surface area contributed by atoms with Gasteiger partial charge in [-0.05, 0) is 42.7 Å². The van der Waals surface area contributed by atoms with Crippen LogP contribution in [0.15, 0.2) is 41.6 Å². The van der Waals surface area contributed by atoms with Gasteiger partial charge in [-0.3, -0.25) is 4.98 Å². The van der Waals surface area contributed by atoms with Crippen LogP contribution in [0.25, 0.3) is 0 Å². The molecular weight excluding hydrogens is 274 g/mol. The third-order valence-electron chi connectivity index (χ3n) is 3.10. The molecule has 0 radical (unpaired) electrons. The van der Waals surface area contributed by atoms with Gasteiger partial charge in [0.1, 0.15) is 0 Å². The maximum absolute atomic E-state index is 12.4. The lowest BCUT2D eigenvalue weighted by atomic mass is 10.1. The zero-order chi connectivity index (χ0) is 14.8. The molecule has 0 aliphatic rings. The average molecular weight is 291 g/mol. The number of nitrogens with two attached hydrogens (primary N) is 1. The monoisotopic (exact) mass is 291 g/mol. The van der Waals surface area contributed by atoms with Crippen LogP contribution in [-0.2, 0) is 16.6 Å². The number of aromatic nitrogens is 1. The molecule has 2 rings (SSSR count).